The Morgan fingerprint density at radius 1 is 0.886 bits per heavy atom. The lowest BCUT2D eigenvalue weighted by atomic mass is 9.76. The van der Waals surface area contributed by atoms with Crippen molar-refractivity contribution in [2.75, 3.05) is 6.61 Å². The Balaban J connectivity index is 1.36. The molecular formula is C31H33F3O. The molecule has 1 fully saturated rings. The summed E-state index contributed by atoms with van der Waals surface area (Å²) in [4.78, 5) is 0. The summed E-state index contributed by atoms with van der Waals surface area (Å²) in [5, 5.41) is 0. The van der Waals surface area contributed by atoms with Gasteiger partial charge in [-0.2, -0.15) is 0 Å². The van der Waals surface area contributed by atoms with Crippen LogP contribution in [-0.4, -0.2) is 6.61 Å². The fourth-order valence-corrected chi connectivity index (χ4v) is 5.17. The highest BCUT2D eigenvalue weighted by atomic mass is 19.2. The summed E-state index contributed by atoms with van der Waals surface area (Å²) in [6, 6.07) is 16.1. The van der Waals surface area contributed by atoms with E-state index in [0.29, 0.717) is 35.0 Å². The third-order valence-electron chi connectivity index (χ3n) is 7.12. The molecule has 184 valence electrons. The van der Waals surface area contributed by atoms with E-state index in [0.717, 1.165) is 49.7 Å². The van der Waals surface area contributed by atoms with E-state index in [2.05, 4.69) is 0 Å². The van der Waals surface area contributed by atoms with Crippen LogP contribution in [0, 0.1) is 23.4 Å². The van der Waals surface area contributed by atoms with Gasteiger partial charge in [-0.15, -0.1) is 0 Å². The summed E-state index contributed by atoms with van der Waals surface area (Å²) >= 11 is 0. The van der Waals surface area contributed by atoms with E-state index in [9.17, 15) is 4.39 Å². The summed E-state index contributed by atoms with van der Waals surface area (Å²) in [6.07, 6.45) is 9.32. The molecule has 0 saturated heterocycles. The Morgan fingerprint density at radius 2 is 1.63 bits per heavy atom. The van der Waals surface area contributed by atoms with Crippen LogP contribution in [0.1, 0.15) is 68.6 Å². The van der Waals surface area contributed by atoms with Crippen LogP contribution in [0.5, 0.6) is 5.75 Å². The normalized spacial score (nSPS) is 18.2. The zero-order valence-electron chi connectivity index (χ0n) is 20.5. The van der Waals surface area contributed by atoms with E-state index in [4.69, 9.17) is 4.74 Å². The van der Waals surface area contributed by atoms with Crippen molar-refractivity contribution in [2.45, 2.75) is 58.3 Å². The molecule has 0 heterocycles. The molecule has 0 spiro atoms. The molecule has 0 atom stereocenters. The van der Waals surface area contributed by atoms with Gasteiger partial charge in [0.1, 0.15) is 0 Å². The third-order valence-corrected chi connectivity index (χ3v) is 7.12. The highest BCUT2D eigenvalue weighted by molar-refractivity contribution is 5.67. The first-order valence-corrected chi connectivity index (χ1v) is 12.6. The molecule has 0 N–H and O–H groups in total. The average molecular weight is 479 g/mol. The van der Waals surface area contributed by atoms with Crippen molar-refractivity contribution in [3.63, 3.8) is 0 Å². The average Bonchev–Trinajstić information content (AvgIpc) is 2.87. The Hall–Kier alpha value is -3.01. The molecule has 0 unspecified atom stereocenters. The second-order valence-electron chi connectivity index (χ2n) is 9.41. The maximum absolute atomic E-state index is 15.1. The molecule has 0 amide bonds. The number of hydrogen-bond donors (Lipinski definition) is 0. The molecule has 4 heteroatoms. The van der Waals surface area contributed by atoms with Crippen LogP contribution in [0.2, 0.25) is 0 Å². The Morgan fingerprint density at radius 3 is 2.29 bits per heavy atom. The predicted molar refractivity (Wildman–Crippen MR) is 137 cm³/mol. The van der Waals surface area contributed by atoms with Gasteiger partial charge in [0.2, 0.25) is 0 Å². The smallest absolute Gasteiger partial charge is 0.166 e. The van der Waals surface area contributed by atoms with Gasteiger partial charge in [0.25, 0.3) is 0 Å². The van der Waals surface area contributed by atoms with Crippen LogP contribution in [0.4, 0.5) is 13.2 Å². The zero-order valence-corrected chi connectivity index (χ0v) is 20.5. The Bertz CT molecular complexity index is 1160. The fraction of sp³-hybridized carbons (Fsp3) is 0.355. The monoisotopic (exact) mass is 478 g/mol. The maximum Gasteiger partial charge on any atom is 0.166 e. The lowest BCUT2D eigenvalue weighted by molar-refractivity contribution is 0.304. The maximum atomic E-state index is 15.1. The minimum atomic E-state index is -0.763. The number of aryl methyl sites for hydroxylation is 1. The van der Waals surface area contributed by atoms with Crippen molar-refractivity contribution in [1.82, 2.24) is 0 Å². The van der Waals surface area contributed by atoms with Crippen LogP contribution in [0.15, 0.2) is 60.7 Å². The van der Waals surface area contributed by atoms with Gasteiger partial charge in [0.15, 0.2) is 23.2 Å². The van der Waals surface area contributed by atoms with Gasteiger partial charge in [-0.25, -0.2) is 13.2 Å². The van der Waals surface area contributed by atoms with Gasteiger partial charge >= 0.3 is 0 Å². The molecule has 1 aliphatic rings. The van der Waals surface area contributed by atoms with E-state index < -0.39 is 11.6 Å². The van der Waals surface area contributed by atoms with E-state index in [-0.39, 0.29) is 11.7 Å². The van der Waals surface area contributed by atoms with Gasteiger partial charge in [0, 0.05) is 5.56 Å². The van der Waals surface area contributed by atoms with Crippen LogP contribution < -0.4 is 4.74 Å². The van der Waals surface area contributed by atoms with Crippen molar-refractivity contribution in [3.05, 3.63) is 94.8 Å². The van der Waals surface area contributed by atoms with Gasteiger partial charge < -0.3 is 4.74 Å². The van der Waals surface area contributed by atoms with Crippen molar-refractivity contribution in [2.24, 2.45) is 5.92 Å². The minimum absolute atomic E-state index is 0.0368. The lowest BCUT2D eigenvalue weighted by Gasteiger charge is -2.29. The second kappa shape index (κ2) is 11.6. The fourth-order valence-electron chi connectivity index (χ4n) is 5.17. The standard InChI is InChI=1S/C31H33F3O/c1-3-5-21-8-13-24(14-9-21)26-17-18-27(31(34)30(26)33)25-15-10-22(11-16-25)6-7-23-12-19-29(35-4-2)28(32)20-23/h3,5,8-9,12-14,17-20,22,25H,4,6-7,10-11,15-16H2,1-2H3/b5-3+. The summed E-state index contributed by atoms with van der Waals surface area (Å²) in [7, 11) is 0. The second-order valence-corrected chi connectivity index (χ2v) is 9.41. The summed E-state index contributed by atoms with van der Waals surface area (Å²) in [5.41, 5.74) is 3.46. The SMILES string of the molecule is C/C=C/c1ccc(-c2ccc(C3CCC(CCc4ccc(OCC)c(F)c4)CC3)c(F)c2F)cc1. The number of rotatable bonds is 8. The van der Waals surface area contributed by atoms with Crippen molar-refractivity contribution < 1.29 is 17.9 Å². The largest absolute Gasteiger partial charge is 0.491 e. The van der Waals surface area contributed by atoms with Gasteiger partial charge in [-0.1, -0.05) is 54.6 Å². The molecule has 0 bridgehead atoms. The van der Waals surface area contributed by atoms with E-state index in [1.165, 1.54) is 0 Å². The molecule has 0 aromatic heterocycles. The van der Waals surface area contributed by atoms with Crippen LogP contribution in [0.3, 0.4) is 0 Å². The highest BCUT2D eigenvalue weighted by Crippen LogP contribution is 2.40. The van der Waals surface area contributed by atoms with E-state index in [1.807, 2.05) is 56.3 Å². The molecule has 1 aliphatic carbocycles. The van der Waals surface area contributed by atoms with Crippen molar-refractivity contribution in [1.29, 1.82) is 0 Å². The molecule has 1 nitrogen and oxygen atoms in total. The van der Waals surface area contributed by atoms with Crippen molar-refractivity contribution in [3.8, 4) is 16.9 Å². The quantitative estimate of drug-likeness (QED) is 0.314. The summed E-state index contributed by atoms with van der Waals surface area (Å²) in [6.45, 7) is 4.22. The number of ether oxygens (including phenoxy) is 1. The summed E-state index contributed by atoms with van der Waals surface area (Å²) in [5.74, 6) is -0.946. The molecule has 3 aromatic rings. The van der Waals surface area contributed by atoms with Crippen LogP contribution in [0.25, 0.3) is 17.2 Å². The predicted octanol–water partition coefficient (Wildman–Crippen LogP) is 9.11. The Labute approximate surface area is 206 Å². The molecule has 3 aromatic carbocycles. The number of hydrogen-bond acceptors (Lipinski definition) is 1. The van der Waals surface area contributed by atoms with E-state index >= 15 is 8.78 Å². The number of allylic oxidation sites excluding steroid dienone is 1. The Kier molecular flexibility index (Phi) is 8.33. The van der Waals surface area contributed by atoms with Crippen molar-refractivity contribution >= 4 is 6.08 Å². The van der Waals surface area contributed by atoms with Gasteiger partial charge in [-0.05, 0) is 98.6 Å². The molecular weight excluding hydrogens is 445 g/mol. The first kappa shape index (κ1) is 25.1. The molecule has 0 radical (unpaired) electrons. The number of halogens is 3. The van der Waals surface area contributed by atoms with Gasteiger partial charge in [0.05, 0.1) is 6.61 Å². The van der Waals surface area contributed by atoms with Crippen LogP contribution >= 0.6 is 0 Å². The highest BCUT2D eigenvalue weighted by Gasteiger charge is 2.26. The first-order chi connectivity index (χ1) is 17.0. The van der Waals surface area contributed by atoms with E-state index in [1.54, 1.807) is 24.3 Å². The minimum Gasteiger partial charge on any atom is -0.491 e. The van der Waals surface area contributed by atoms with Gasteiger partial charge in [-0.3, -0.25) is 0 Å². The first-order valence-electron chi connectivity index (χ1n) is 12.6. The third kappa shape index (κ3) is 5.98. The van der Waals surface area contributed by atoms with Crippen LogP contribution in [-0.2, 0) is 6.42 Å². The molecule has 4 rings (SSSR count). The lowest BCUT2D eigenvalue weighted by Crippen LogP contribution is -2.15. The number of benzene rings is 3. The summed E-state index contributed by atoms with van der Waals surface area (Å²) < 4.78 is 49.5. The topological polar surface area (TPSA) is 9.23 Å². The molecule has 35 heavy (non-hydrogen) atoms. The molecule has 1 saturated carbocycles. The molecule has 0 aliphatic heterocycles. The zero-order chi connectivity index (χ0) is 24.8.